The van der Waals surface area contributed by atoms with Crippen molar-refractivity contribution < 1.29 is 14.6 Å². The Morgan fingerprint density at radius 3 is 2.57 bits per heavy atom. The van der Waals surface area contributed by atoms with Crippen molar-refractivity contribution in [1.82, 2.24) is 0 Å². The van der Waals surface area contributed by atoms with E-state index in [9.17, 15) is 5.11 Å². The largest absolute Gasteiger partial charge is 0.491 e. The molecular weight excluding hydrogens is 400 g/mol. The maximum absolute atomic E-state index is 10.7. The predicted molar refractivity (Wildman–Crippen MR) is 89.7 cm³/mol. The Labute approximate surface area is 141 Å². The van der Waals surface area contributed by atoms with Crippen molar-refractivity contribution >= 4 is 31.9 Å². The number of ether oxygens (including phenoxy) is 2. The lowest BCUT2D eigenvalue weighted by atomic mass is 10.0. The number of halogens is 2. The van der Waals surface area contributed by atoms with Gasteiger partial charge in [0, 0.05) is 27.2 Å². The number of methoxy groups -OCH3 is 1. The molecule has 5 heteroatoms. The van der Waals surface area contributed by atoms with Crippen LogP contribution in [0, 0.1) is 0 Å². The van der Waals surface area contributed by atoms with Gasteiger partial charge in [-0.2, -0.15) is 0 Å². The first-order valence-corrected chi connectivity index (χ1v) is 8.05. The van der Waals surface area contributed by atoms with E-state index >= 15 is 0 Å². The van der Waals surface area contributed by atoms with Crippen LogP contribution in [0.2, 0.25) is 0 Å². The molecule has 0 aliphatic rings. The first-order valence-electron chi connectivity index (χ1n) is 6.47. The highest BCUT2D eigenvalue weighted by atomic mass is 79.9. The lowest BCUT2D eigenvalue weighted by molar-refractivity contribution is 0.142. The summed E-state index contributed by atoms with van der Waals surface area (Å²) in [7, 11) is 1.63. The average Bonchev–Trinajstić information content (AvgIpc) is 2.50. The molecule has 0 saturated carbocycles. The molecule has 2 aromatic rings. The third kappa shape index (κ3) is 4.30. The van der Waals surface area contributed by atoms with Gasteiger partial charge in [-0.05, 0) is 24.3 Å². The minimum Gasteiger partial charge on any atom is -0.491 e. The van der Waals surface area contributed by atoms with Crippen LogP contribution in [0.1, 0.15) is 17.2 Å². The second-order valence-corrected chi connectivity index (χ2v) is 6.22. The van der Waals surface area contributed by atoms with Crippen molar-refractivity contribution in [2.75, 3.05) is 20.3 Å². The molecule has 0 aromatic heterocycles. The summed E-state index contributed by atoms with van der Waals surface area (Å²) in [6.07, 6.45) is -0.768. The number of para-hydroxylation sites is 1. The topological polar surface area (TPSA) is 38.7 Å². The van der Waals surface area contributed by atoms with E-state index in [0.717, 1.165) is 20.1 Å². The number of benzene rings is 2. The van der Waals surface area contributed by atoms with Gasteiger partial charge in [0.2, 0.25) is 0 Å². The molecule has 2 aromatic carbocycles. The SMILES string of the molecule is COCCOc1ccccc1C(O)c1cc(Br)ccc1Br. The third-order valence-electron chi connectivity index (χ3n) is 3.01. The van der Waals surface area contributed by atoms with Gasteiger partial charge < -0.3 is 14.6 Å². The zero-order valence-electron chi connectivity index (χ0n) is 11.6. The second-order valence-electron chi connectivity index (χ2n) is 4.45. The van der Waals surface area contributed by atoms with Gasteiger partial charge in [-0.25, -0.2) is 0 Å². The van der Waals surface area contributed by atoms with E-state index < -0.39 is 6.10 Å². The second kappa shape index (κ2) is 7.94. The van der Waals surface area contributed by atoms with Gasteiger partial charge in [-0.1, -0.05) is 50.1 Å². The number of aliphatic hydroxyl groups excluding tert-OH is 1. The summed E-state index contributed by atoms with van der Waals surface area (Å²) in [6.45, 7) is 0.949. The summed E-state index contributed by atoms with van der Waals surface area (Å²) in [4.78, 5) is 0. The molecule has 0 radical (unpaired) electrons. The van der Waals surface area contributed by atoms with Crippen LogP contribution in [0.4, 0.5) is 0 Å². The van der Waals surface area contributed by atoms with Gasteiger partial charge >= 0.3 is 0 Å². The van der Waals surface area contributed by atoms with Gasteiger partial charge in [-0.15, -0.1) is 0 Å². The fourth-order valence-electron chi connectivity index (χ4n) is 1.96. The molecule has 21 heavy (non-hydrogen) atoms. The highest BCUT2D eigenvalue weighted by molar-refractivity contribution is 9.11. The van der Waals surface area contributed by atoms with Crippen molar-refractivity contribution in [3.05, 3.63) is 62.5 Å². The van der Waals surface area contributed by atoms with E-state index in [4.69, 9.17) is 9.47 Å². The first kappa shape index (κ1) is 16.5. The molecule has 0 aliphatic carbocycles. The fraction of sp³-hybridized carbons (Fsp3) is 0.250. The van der Waals surface area contributed by atoms with Crippen LogP contribution in [0.25, 0.3) is 0 Å². The molecular formula is C16H16Br2O3. The van der Waals surface area contributed by atoms with E-state index in [1.165, 1.54) is 0 Å². The highest BCUT2D eigenvalue weighted by Crippen LogP contribution is 2.35. The molecule has 1 N–H and O–H groups in total. The Morgan fingerprint density at radius 2 is 1.81 bits per heavy atom. The summed E-state index contributed by atoms with van der Waals surface area (Å²) in [5.41, 5.74) is 1.51. The van der Waals surface area contributed by atoms with Crippen LogP contribution in [-0.4, -0.2) is 25.4 Å². The van der Waals surface area contributed by atoms with Crippen molar-refractivity contribution in [3.8, 4) is 5.75 Å². The van der Waals surface area contributed by atoms with E-state index in [0.29, 0.717) is 19.0 Å². The third-order valence-corrected chi connectivity index (χ3v) is 4.23. The Kier molecular flexibility index (Phi) is 6.23. The van der Waals surface area contributed by atoms with Gasteiger partial charge in [0.1, 0.15) is 18.5 Å². The highest BCUT2D eigenvalue weighted by Gasteiger charge is 2.18. The maximum Gasteiger partial charge on any atom is 0.125 e. The summed E-state index contributed by atoms with van der Waals surface area (Å²) < 4.78 is 12.4. The number of hydrogen-bond acceptors (Lipinski definition) is 3. The molecule has 112 valence electrons. The van der Waals surface area contributed by atoms with Crippen LogP contribution in [0.3, 0.4) is 0 Å². The molecule has 0 aliphatic heterocycles. The number of aliphatic hydroxyl groups is 1. The zero-order chi connectivity index (χ0) is 15.2. The van der Waals surface area contributed by atoms with Crippen LogP contribution in [0.5, 0.6) is 5.75 Å². The van der Waals surface area contributed by atoms with Crippen molar-refractivity contribution in [2.45, 2.75) is 6.10 Å². The molecule has 2 rings (SSSR count). The Balaban J connectivity index is 2.30. The van der Waals surface area contributed by atoms with Crippen LogP contribution >= 0.6 is 31.9 Å². The summed E-state index contributed by atoms with van der Waals surface area (Å²) in [5, 5.41) is 10.7. The molecule has 0 amide bonds. The van der Waals surface area contributed by atoms with Crippen LogP contribution in [0.15, 0.2) is 51.4 Å². The zero-order valence-corrected chi connectivity index (χ0v) is 14.7. The lowest BCUT2D eigenvalue weighted by Crippen LogP contribution is -2.08. The molecule has 1 atom stereocenters. The smallest absolute Gasteiger partial charge is 0.125 e. The summed E-state index contributed by atoms with van der Waals surface area (Å²) in [5.74, 6) is 0.661. The van der Waals surface area contributed by atoms with Crippen molar-refractivity contribution in [2.24, 2.45) is 0 Å². The fourth-order valence-corrected chi connectivity index (χ4v) is 2.81. The van der Waals surface area contributed by atoms with Crippen molar-refractivity contribution in [3.63, 3.8) is 0 Å². The monoisotopic (exact) mass is 414 g/mol. The van der Waals surface area contributed by atoms with E-state index in [2.05, 4.69) is 31.9 Å². The number of rotatable bonds is 6. The molecule has 0 spiro atoms. The molecule has 3 nitrogen and oxygen atoms in total. The Bertz CT molecular complexity index is 602. The Morgan fingerprint density at radius 1 is 1.05 bits per heavy atom. The standard InChI is InChI=1S/C16H16Br2O3/c1-20-8-9-21-15-5-3-2-4-12(15)16(19)13-10-11(17)6-7-14(13)18/h2-7,10,16,19H,8-9H2,1H3. The van der Waals surface area contributed by atoms with E-state index in [1.54, 1.807) is 7.11 Å². The van der Waals surface area contributed by atoms with Gasteiger partial charge in [-0.3, -0.25) is 0 Å². The van der Waals surface area contributed by atoms with E-state index in [-0.39, 0.29) is 0 Å². The van der Waals surface area contributed by atoms with Gasteiger partial charge in [0.05, 0.1) is 6.61 Å². The molecule has 0 bridgehead atoms. The molecule has 1 unspecified atom stereocenters. The summed E-state index contributed by atoms with van der Waals surface area (Å²) in [6, 6.07) is 13.2. The molecule has 0 saturated heterocycles. The lowest BCUT2D eigenvalue weighted by Gasteiger charge is -2.18. The van der Waals surface area contributed by atoms with Crippen LogP contribution < -0.4 is 4.74 Å². The van der Waals surface area contributed by atoms with E-state index in [1.807, 2.05) is 42.5 Å². The normalized spacial score (nSPS) is 12.2. The van der Waals surface area contributed by atoms with Gasteiger partial charge in [0.15, 0.2) is 0 Å². The minimum absolute atomic E-state index is 0.444. The predicted octanol–water partition coefficient (Wildman–Crippen LogP) is 4.32. The quantitative estimate of drug-likeness (QED) is 0.714. The minimum atomic E-state index is -0.768. The number of hydrogen-bond donors (Lipinski definition) is 1. The Hall–Kier alpha value is -0.880. The summed E-state index contributed by atoms with van der Waals surface area (Å²) >= 11 is 6.90. The maximum atomic E-state index is 10.7. The first-order chi connectivity index (χ1) is 10.1. The van der Waals surface area contributed by atoms with Gasteiger partial charge in [0.25, 0.3) is 0 Å². The molecule has 0 heterocycles. The molecule has 0 fully saturated rings. The average molecular weight is 416 g/mol. The van der Waals surface area contributed by atoms with Crippen LogP contribution in [-0.2, 0) is 4.74 Å². The van der Waals surface area contributed by atoms with Crippen molar-refractivity contribution in [1.29, 1.82) is 0 Å².